The number of pyridine rings is 1. The summed E-state index contributed by atoms with van der Waals surface area (Å²) in [4.78, 5) is 16.1. The largest absolute Gasteiger partial charge is 0.481 e. The van der Waals surface area contributed by atoms with E-state index in [4.69, 9.17) is 9.47 Å². The Morgan fingerprint density at radius 1 is 1.12 bits per heavy atom. The third kappa shape index (κ3) is 4.50. The molecule has 2 aromatic rings. The average molecular weight is 340 g/mol. The predicted octanol–water partition coefficient (Wildman–Crippen LogP) is 4.14. The first-order valence-electron chi connectivity index (χ1n) is 8.45. The molecule has 0 saturated heterocycles. The van der Waals surface area contributed by atoms with Gasteiger partial charge in [-0.1, -0.05) is 24.3 Å². The zero-order valence-corrected chi connectivity index (χ0v) is 15.1. The first-order chi connectivity index (χ1) is 11.9. The first-order valence-corrected chi connectivity index (χ1v) is 8.45. The molecule has 1 amide bonds. The normalized spacial score (nSPS) is 19.2. The van der Waals surface area contributed by atoms with Gasteiger partial charge < -0.3 is 14.8 Å². The van der Waals surface area contributed by atoms with Gasteiger partial charge in [-0.15, -0.1) is 0 Å². The van der Waals surface area contributed by atoms with Crippen molar-refractivity contribution in [1.82, 2.24) is 10.3 Å². The summed E-state index contributed by atoms with van der Waals surface area (Å²) in [6.07, 6.45) is 2.40. The number of alkyl carbamates (subject to hydrolysis) is 1. The minimum Gasteiger partial charge on any atom is -0.481 e. The second-order valence-electron chi connectivity index (χ2n) is 7.31. The van der Waals surface area contributed by atoms with Crippen molar-refractivity contribution in [2.24, 2.45) is 0 Å². The van der Waals surface area contributed by atoms with E-state index in [1.54, 1.807) is 13.3 Å². The molecule has 0 radical (unpaired) electrons. The standard InChI is InChI=1S/C20H24N2O3/c1-20(2,3)25-19(23)22-17-11-16(17)14-7-5-13(6-8-14)15-9-10-18(24-4)21-12-15/h5-10,12,16-17H,11H2,1-4H3,(H,22,23). The van der Waals surface area contributed by atoms with Gasteiger partial charge in [-0.2, -0.15) is 0 Å². The lowest BCUT2D eigenvalue weighted by Crippen LogP contribution is -2.34. The molecule has 132 valence electrons. The zero-order valence-electron chi connectivity index (χ0n) is 15.1. The topological polar surface area (TPSA) is 60.5 Å². The van der Waals surface area contributed by atoms with Crippen LogP contribution in [0.1, 0.15) is 38.7 Å². The monoisotopic (exact) mass is 340 g/mol. The number of carbonyl (C=O) groups excluding carboxylic acids is 1. The lowest BCUT2D eigenvalue weighted by atomic mass is 10.0. The highest BCUT2D eigenvalue weighted by molar-refractivity contribution is 5.69. The number of benzene rings is 1. The van der Waals surface area contributed by atoms with Crippen LogP contribution in [-0.2, 0) is 4.74 Å². The number of aromatic nitrogens is 1. The summed E-state index contributed by atoms with van der Waals surface area (Å²) in [5.74, 6) is 0.963. The molecule has 0 bridgehead atoms. The molecule has 1 aliphatic rings. The summed E-state index contributed by atoms with van der Waals surface area (Å²) in [5.41, 5.74) is 2.91. The number of carbonyl (C=O) groups is 1. The molecular weight excluding hydrogens is 316 g/mol. The Kier molecular flexibility index (Phi) is 4.66. The first kappa shape index (κ1) is 17.3. The van der Waals surface area contributed by atoms with E-state index in [9.17, 15) is 4.79 Å². The quantitative estimate of drug-likeness (QED) is 0.909. The van der Waals surface area contributed by atoms with Gasteiger partial charge in [0.15, 0.2) is 0 Å². The summed E-state index contributed by atoms with van der Waals surface area (Å²) in [7, 11) is 1.61. The van der Waals surface area contributed by atoms with E-state index < -0.39 is 5.60 Å². The van der Waals surface area contributed by atoms with Crippen LogP contribution in [0.3, 0.4) is 0 Å². The molecule has 2 unspecified atom stereocenters. The molecule has 5 heteroatoms. The fourth-order valence-corrected chi connectivity index (χ4v) is 2.78. The van der Waals surface area contributed by atoms with E-state index in [0.717, 1.165) is 17.5 Å². The lowest BCUT2D eigenvalue weighted by molar-refractivity contribution is 0.0523. The van der Waals surface area contributed by atoms with Crippen LogP contribution in [-0.4, -0.2) is 29.8 Å². The zero-order chi connectivity index (χ0) is 18.0. The average Bonchev–Trinajstić information content (AvgIpc) is 3.32. The Bertz CT molecular complexity index is 733. The maximum atomic E-state index is 11.8. The molecule has 2 atom stereocenters. The van der Waals surface area contributed by atoms with Crippen LogP contribution in [0, 0.1) is 0 Å². The summed E-state index contributed by atoms with van der Waals surface area (Å²) in [6, 6.07) is 12.4. The Labute approximate surface area is 148 Å². The molecule has 5 nitrogen and oxygen atoms in total. The maximum absolute atomic E-state index is 11.8. The highest BCUT2D eigenvalue weighted by Crippen LogP contribution is 2.41. The molecule has 1 saturated carbocycles. The van der Waals surface area contributed by atoms with E-state index in [1.807, 2.05) is 32.9 Å². The molecule has 1 N–H and O–H groups in total. The lowest BCUT2D eigenvalue weighted by Gasteiger charge is -2.19. The number of amides is 1. The van der Waals surface area contributed by atoms with Crippen molar-refractivity contribution in [1.29, 1.82) is 0 Å². The van der Waals surface area contributed by atoms with E-state index in [-0.39, 0.29) is 12.1 Å². The van der Waals surface area contributed by atoms with Crippen molar-refractivity contribution in [3.8, 4) is 17.0 Å². The second kappa shape index (κ2) is 6.75. The minimum atomic E-state index is -0.470. The van der Waals surface area contributed by atoms with Crippen LogP contribution in [0.25, 0.3) is 11.1 Å². The van der Waals surface area contributed by atoms with E-state index in [1.165, 1.54) is 5.56 Å². The van der Waals surface area contributed by atoms with Crippen molar-refractivity contribution in [2.45, 2.75) is 44.8 Å². The van der Waals surface area contributed by atoms with Gasteiger partial charge in [-0.3, -0.25) is 0 Å². The SMILES string of the molecule is COc1ccc(-c2ccc(C3CC3NC(=O)OC(C)(C)C)cc2)cn1. The number of nitrogens with zero attached hydrogens (tertiary/aromatic N) is 1. The number of methoxy groups -OCH3 is 1. The molecule has 1 fully saturated rings. The molecule has 1 aliphatic carbocycles. The highest BCUT2D eigenvalue weighted by atomic mass is 16.6. The third-order valence-electron chi connectivity index (χ3n) is 4.11. The summed E-state index contributed by atoms with van der Waals surface area (Å²) in [5, 5.41) is 2.93. The third-order valence-corrected chi connectivity index (χ3v) is 4.11. The number of ether oxygens (including phenoxy) is 2. The van der Waals surface area contributed by atoms with Crippen molar-refractivity contribution in [2.75, 3.05) is 7.11 Å². The summed E-state index contributed by atoms with van der Waals surface area (Å²) in [6.45, 7) is 5.59. The van der Waals surface area contributed by atoms with Gasteiger partial charge in [0, 0.05) is 29.8 Å². The number of hydrogen-bond acceptors (Lipinski definition) is 4. The van der Waals surface area contributed by atoms with Gasteiger partial charge in [0.1, 0.15) is 5.60 Å². The molecular formula is C20H24N2O3. The molecule has 1 aromatic carbocycles. The van der Waals surface area contributed by atoms with Crippen LogP contribution in [0.4, 0.5) is 4.79 Å². The fourth-order valence-electron chi connectivity index (χ4n) is 2.78. The summed E-state index contributed by atoms with van der Waals surface area (Å²) < 4.78 is 10.4. The minimum absolute atomic E-state index is 0.156. The fraction of sp³-hybridized carbons (Fsp3) is 0.400. The molecule has 25 heavy (non-hydrogen) atoms. The van der Waals surface area contributed by atoms with E-state index >= 15 is 0 Å². The van der Waals surface area contributed by atoms with Crippen LogP contribution >= 0.6 is 0 Å². The smallest absolute Gasteiger partial charge is 0.407 e. The van der Waals surface area contributed by atoms with Gasteiger partial charge in [0.25, 0.3) is 0 Å². The van der Waals surface area contributed by atoms with Crippen molar-refractivity contribution in [3.63, 3.8) is 0 Å². The van der Waals surface area contributed by atoms with Crippen molar-refractivity contribution < 1.29 is 14.3 Å². The number of hydrogen-bond donors (Lipinski definition) is 1. The van der Waals surface area contributed by atoms with Gasteiger partial charge in [-0.05, 0) is 44.4 Å². The van der Waals surface area contributed by atoms with Crippen LogP contribution < -0.4 is 10.1 Å². The Morgan fingerprint density at radius 2 is 1.80 bits per heavy atom. The molecule has 0 aliphatic heterocycles. The molecule has 3 rings (SSSR count). The van der Waals surface area contributed by atoms with Gasteiger partial charge >= 0.3 is 6.09 Å². The molecule has 1 heterocycles. The maximum Gasteiger partial charge on any atom is 0.407 e. The van der Waals surface area contributed by atoms with Crippen LogP contribution in [0.15, 0.2) is 42.6 Å². The van der Waals surface area contributed by atoms with Crippen molar-refractivity contribution >= 4 is 6.09 Å². The highest BCUT2D eigenvalue weighted by Gasteiger charge is 2.40. The second-order valence-corrected chi connectivity index (χ2v) is 7.31. The van der Waals surface area contributed by atoms with Gasteiger partial charge in [0.2, 0.25) is 5.88 Å². The van der Waals surface area contributed by atoms with Gasteiger partial charge in [-0.25, -0.2) is 9.78 Å². The molecule has 1 aromatic heterocycles. The van der Waals surface area contributed by atoms with E-state index in [0.29, 0.717) is 11.8 Å². The predicted molar refractivity (Wildman–Crippen MR) is 96.7 cm³/mol. The van der Waals surface area contributed by atoms with Crippen molar-refractivity contribution in [3.05, 3.63) is 48.2 Å². The Morgan fingerprint density at radius 3 is 2.36 bits per heavy atom. The van der Waals surface area contributed by atoms with Crippen LogP contribution in [0.5, 0.6) is 5.88 Å². The number of nitrogens with one attached hydrogen (secondary N) is 1. The van der Waals surface area contributed by atoms with Gasteiger partial charge in [0.05, 0.1) is 7.11 Å². The Balaban J connectivity index is 1.59. The molecule has 0 spiro atoms. The number of rotatable bonds is 4. The van der Waals surface area contributed by atoms with Crippen LogP contribution in [0.2, 0.25) is 0 Å². The summed E-state index contributed by atoms with van der Waals surface area (Å²) >= 11 is 0. The van der Waals surface area contributed by atoms with E-state index in [2.05, 4.69) is 34.6 Å². The Hall–Kier alpha value is -2.56.